The number of Topliss-reactive ketones (excluding diaryl/α,β-unsaturated/α-hetero) is 1. The molecule has 0 atom stereocenters. The lowest BCUT2D eigenvalue weighted by Crippen LogP contribution is -2.47. The van der Waals surface area contributed by atoms with Crippen LogP contribution < -0.4 is 4.90 Å². The third kappa shape index (κ3) is 1.88. The maximum absolute atomic E-state index is 12.2. The molecular formula is C14H16N2O2. The molecular weight excluding hydrogens is 228 g/mol. The molecule has 18 heavy (non-hydrogen) atoms. The van der Waals surface area contributed by atoms with Gasteiger partial charge in [0.05, 0.1) is 12.2 Å². The van der Waals surface area contributed by atoms with Crippen LogP contribution in [0.4, 0.5) is 10.5 Å². The Hall–Kier alpha value is -1.84. The van der Waals surface area contributed by atoms with Gasteiger partial charge in [0.2, 0.25) is 0 Å². The minimum Gasteiger partial charge on any atom is -0.323 e. The van der Waals surface area contributed by atoms with E-state index in [1.54, 1.807) is 16.8 Å². The van der Waals surface area contributed by atoms with Crippen LogP contribution in [0.25, 0.3) is 0 Å². The van der Waals surface area contributed by atoms with Crippen LogP contribution in [-0.2, 0) is 11.3 Å². The van der Waals surface area contributed by atoms with Crippen molar-refractivity contribution in [3.05, 3.63) is 29.8 Å². The molecule has 1 aromatic rings. The summed E-state index contributed by atoms with van der Waals surface area (Å²) in [5.74, 6) is 0.380. The predicted molar refractivity (Wildman–Crippen MR) is 68.4 cm³/mol. The van der Waals surface area contributed by atoms with Gasteiger partial charge in [-0.1, -0.05) is 18.2 Å². The molecule has 1 aliphatic heterocycles. The number of nitrogens with zero attached hydrogens (tertiary/aromatic N) is 2. The summed E-state index contributed by atoms with van der Waals surface area (Å²) in [5, 5.41) is 0. The number of para-hydroxylation sites is 1. The fourth-order valence-corrected chi connectivity index (χ4v) is 2.38. The number of anilines is 1. The summed E-state index contributed by atoms with van der Waals surface area (Å²) in [6.45, 7) is 0.827. The van der Waals surface area contributed by atoms with E-state index in [0.717, 1.165) is 24.1 Å². The van der Waals surface area contributed by atoms with Gasteiger partial charge in [0.1, 0.15) is 0 Å². The number of ketones is 1. The number of hydrogen-bond acceptors (Lipinski definition) is 2. The van der Waals surface area contributed by atoms with Crippen LogP contribution in [0, 0.1) is 5.92 Å². The van der Waals surface area contributed by atoms with Crippen molar-refractivity contribution >= 4 is 17.5 Å². The van der Waals surface area contributed by atoms with Crippen LogP contribution in [0.2, 0.25) is 0 Å². The van der Waals surface area contributed by atoms with Gasteiger partial charge in [0, 0.05) is 19.5 Å². The molecule has 0 bridgehead atoms. The van der Waals surface area contributed by atoms with Gasteiger partial charge in [0.25, 0.3) is 0 Å². The minimum atomic E-state index is -0.0808. The number of carbonyl (C=O) groups excluding carboxylic acids is 2. The van der Waals surface area contributed by atoms with Crippen molar-refractivity contribution in [2.75, 3.05) is 18.5 Å². The molecule has 1 aliphatic carbocycles. The van der Waals surface area contributed by atoms with Gasteiger partial charge in [-0.15, -0.1) is 0 Å². The average Bonchev–Trinajstić information content (AvgIpc) is 3.19. The van der Waals surface area contributed by atoms with Gasteiger partial charge in [0.15, 0.2) is 5.78 Å². The maximum Gasteiger partial charge on any atom is 0.324 e. The highest BCUT2D eigenvalue weighted by atomic mass is 16.2. The molecule has 3 rings (SSSR count). The van der Waals surface area contributed by atoms with Crippen molar-refractivity contribution in [1.82, 2.24) is 4.90 Å². The fourth-order valence-electron chi connectivity index (χ4n) is 2.38. The zero-order valence-corrected chi connectivity index (χ0v) is 10.4. The molecule has 1 heterocycles. The number of hydrogen-bond donors (Lipinski definition) is 0. The van der Waals surface area contributed by atoms with E-state index in [1.807, 2.05) is 24.3 Å². The summed E-state index contributed by atoms with van der Waals surface area (Å²) in [7, 11) is 1.77. The molecule has 0 radical (unpaired) electrons. The molecule has 0 N–H and O–H groups in total. The summed E-state index contributed by atoms with van der Waals surface area (Å²) in [6.07, 6.45) is 1.97. The Morgan fingerprint density at radius 2 is 2.06 bits per heavy atom. The summed E-state index contributed by atoms with van der Waals surface area (Å²) >= 11 is 0. The number of fused-ring (bicyclic) bond motifs is 1. The van der Waals surface area contributed by atoms with E-state index in [-0.39, 0.29) is 24.3 Å². The van der Waals surface area contributed by atoms with E-state index in [9.17, 15) is 9.59 Å². The number of benzene rings is 1. The Morgan fingerprint density at radius 1 is 1.33 bits per heavy atom. The van der Waals surface area contributed by atoms with E-state index in [2.05, 4.69) is 0 Å². The van der Waals surface area contributed by atoms with E-state index in [0.29, 0.717) is 6.54 Å². The third-order valence-corrected chi connectivity index (χ3v) is 3.59. The van der Waals surface area contributed by atoms with Crippen LogP contribution >= 0.6 is 0 Å². The first-order valence-corrected chi connectivity index (χ1v) is 6.30. The molecule has 94 valence electrons. The Labute approximate surface area is 106 Å². The lowest BCUT2D eigenvalue weighted by molar-refractivity contribution is -0.118. The van der Waals surface area contributed by atoms with Crippen LogP contribution in [0.1, 0.15) is 18.4 Å². The molecule has 2 amide bonds. The molecule has 4 nitrogen and oxygen atoms in total. The zero-order valence-electron chi connectivity index (χ0n) is 10.4. The molecule has 0 spiro atoms. The predicted octanol–water partition coefficient (Wildman–Crippen LogP) is 2.04. The van der Waals surface area contributed by atoms with E-state index >= 15 is 0 Å². The SMILES string of the molecule is CN1Cc2ccccc2N(CC(=O)C2CC2)C1=O. The number of urea groups is 1. The van der Waals surface area contributed by atoms with E-state index < -0.39 is 0 Å². The molecule has 1 aromatic carbocycles. The van der Waals surface area contributed by atoms with Gasteiger partial charge in [-0.05, 0) is 24.5 Å². The van der Waals surface area contributed by atoms with Crippen molar-refractivity contribution < 1.29 is 9.59 Å². The second-order valence-corrected chi connectivity index (χ2v) is 5.09. The third-order valence-electron chi connectivity index (χ3n) is 3.59. The summed E-state index contributed by atoms with van der Waals surface area (Å²) < 4.78 is 0. The highest BCUT2D eigenvalue weighted by molar-refractivity contribution is 6.01. The lowest BCUT2D eigenvalue weighted by Gasteiger charge is -2.34. The summed E-state index contributed by atoms with van der Waals surface area (Å²) in [6, 6.07) is 7.71. The molecule has 0 unspecified atom stereocenters. The topological polar surface area (TPSA) is 40.6 Å². The van der Waals surface area contributed by atoms with E-state index in [4.69, 9.17) is 0 Å². The maximum atomic E-state index is 12.2. The Balaban J connectivity index is 1.90. The van der Waals surface area contributed by atoms with Gasteiger partial charge < -0.3 is 4.90 Å². The van der Waals surface area contributed by atoms with E-state index in [1.165, 1.54) is 0 Å². The van der Waals surface area contributed by atoms with Crippen molar-refractivity contribution in [3.63, 3.8) is 0 Å². The van der Waals surface area contributed by atoms with Crippen molar-refractivity contribution in [2.45, 2.75) is 19.4 Å². The first kappa shape index (κ1) is 11.3. The van der Waals surface area contributed by atoms with Crippen LogP contribution in [0.15, 0.2) is 24.3 Å². The molecule has 0 saturated heterocycles. The van der Waals surface area contributed by atoms with Crippen molar-refractivity contribution in [3.8, 4) is 0 Å². The highest BCUT2D eigenvalue weighted by Crippen LogP contribution is 2.32. The monoisotopic (exact) mass is 244 g/mol. The molecule has 2 aliphatic rings. The minimum absolute atomic E-state index is 0.0808. The first-order valence-electron chi connectivity index (χ1n) is 6.30. The van der Waals surface area contributed by atoms with Crippen LogP contribution in [-0.4, -0.2) is 30.3 Å². The lowest BCUT2D eigenvalue weighted by atomic mass is 10.1. The number of rotatable bonds is 3. The standard InChI is InChI=1S/C14H16N2O2/c1-15-8-11-4-2-3-5-12(11)16(14(15)18)9-13(17)10-6-7-10/h2-5,10H,6-9H2,1H3. The van der Waals surface area contributed by atoms with Gasteiger partial charge in [-0.25, -0.2) is 4.79 Å². The average molecular weight is 244 g/mol. The summed E-state index contributed by atoms with van der Waals surface area (Å²) in [5.41, 5.74) is 1.98. The summed E-state index contributed by atoms with van der Waals surface area (Å²) in [4.78, 5) is 27.4. The van der Waals surface area contributed by atoms with Crippen molar-refractivity contribution in [1.29, 1.82) is 0 Å². The second kappa shape index (κ2) is 4.12. The zero-order chi connectivity index (χ0) is 12.7. The Morgan fingerprint density at radius 3 is 2.78 bits per heavy atom. The molecule has 0 aromatic heterocycles. The molecule has 4 heteroatoms. The number of amides is 2. The van der Waals surface area contributed by atoms with Gasteiger partial charge in [-0.2, -0.15) is 0 Å². The fraction of sp³-hybridized carbons (Fsp3) is 0.429. The van der Waals surface area contributed by atoms with Gasteiger partial charge >= 0.3 is 6.03 Å². The van der Waals surface area contributed by atoms with Crippen LogP contribution in [0.3, 0.4) is 0 Å². The Bertz CT molecular complexity index is 508. The normalized spacial score (nSPS) is 18.8. The molecule has 1 saturated carbocycles. The number of carbonyl (C=O) groups is 2. The Kier molecular flexibility index (Phi) is 2.58. The second-order valence-electron chi connectivity index (χ2n) is 5.09. The smallest absolute Gasteiger partial charge is 0.323 e. The first-order chi connectivity index (χ1) is 8.66. The van der Waals surface area contributed by atoms with Crippen molar-refractivity contribution in [2.24, 2.45) is 5.92 Å². The van der Waals surface area contributed by atoms with Gasteiger partial charge in [-0.3, -0.25) is 9.69 Å². The van der Waals surface area contributed by atoms with Crippen LogP contribution in [0.5, 0.6) is 0 Å². The quantitative estimate of drug-likeness (QED) is 0.816. The highest BCUT2D eigenvalue weighted by Gasteiger charge is 2.34. The molecule has 1 fully saturated rings. The largest absolute Gasteiger partial charge is 0.324 e.